The summed E-state index contributed by atoms with van der Waals surface area (Å²) in [4.78, 5) is 4.85. The quantitative estimate of drug-likeness (QED) is 0.727. The zero-order valence-electron chi connectivity index (χ0n) is 13.3. The van der Waals surface area contributed by atoms with Gasteiger partial charge in [-0.15, -0.1) is 0 Å². The fourth-order valence-electron chi connectivity index (χ4n) is 2.78. The van der Waals surface area contributed by atoms with Crippen LogP contribution in [0.25, 0.3) is 22.4 Å². The second-order valence-electron chi connectivity index (χ2n) is 5.94. The Kier molecular flexibility index (Phi) is 3.62. The predicted octanol–water partition coefficient (Wildman–Crippen LogP) is 3.42. The summed E-state index contributed by atoms with van der Waals surface area (Å²) >= 11 is 0. The minimum Gasteiger partial charge on any atom is -0.399 e. The van der Waals surface area contributed by atoms with Crippen molar-refractivity contribution in [2.45, 2.75) is 26.8 Å². The number of hydrogen-bond acceptors (Lipinski definition) is 3. The average molecular weight is 294 g/mol. The molecule has 1 atom stereocenters. The fraction of sp³-hybridized carbons (Fsp3) is 0.278. The van der Waals surface area contributed by atoms with Gasteiger partial charge in [0.1, 0.15) is 5.82 Å². The first-order chi connectivity index (χ1) is 10.5. The zero-order valence-corrected chi connectivity index (χ0v) is 13.3. The van der Waals surface area contributed by atoms with Crippen molar-refractivity contribution in [2.75, 3.05) is 12.3 Å². The molecule has 2 aromatic carbocycles. The Morgan fingerprint density at radius 1 is 1.14 bits per heavy atom. The number of nitrogen functional groups attached to an aromatic ring is 1. The van der Waals surface area contributed by atoms with E-state index < -0.39 is 0 Å². The van der Waals surface area contributed by atoms with E-state index in [0.29, 0.717) is 6.54 Å². The van der Waals surface area contributed by atoms with Crippen LogP contribution in [-0.4, -0.2) is 16.1 Å². The lowest BCUT2D eigenvalue weighted by Gasteiger charge is -2.16. The Morgan fingerprint density at radius 2 is 1.86 bits per heavy atom. The molecule has 4 nitrogen and oxygen atoms in total. The minimum atomic E-state index is 0.170. The van der Waals surface area contributed by atoms with Gasteiger partial charge in [-0.05, 0) is 56.2 Å². The van der Waals surface area contributed by atoms with Crippen LogP contribution >= 0.6 is 0 Å². The highest BCUT2D eigenvalue weighted by molar-refractivity contribution is 5.83. The van der Waals surface area contributed by atoms with Crippen LogP contribution in [-0.2, 0) is 0 Å². The Balaban J connectivity index is 2.33. The van der Waals surface area contributed by atoms with Crippen LogP contribution < -0.4 is 11.5 Å². The molecule has 114 valence electrons. The predicted molar refractivity (Wildman–Crippen MR) is 92.8 cm³/mol. The van der Waals surface area contributed by atoms with Crippen molar-refractivity contribution in [2.24, 2.45) is 5.73 Å². The monoisotopic (exact) mass is 294 g/mol. The van der Waals surface area contributed by atoms with Gasteiger partial charge >= 0.3 is 0 Å². The van der Waals surface area contributed by atoms with Crippen molar-refractivity contribution in [1.29, 1.82) is 0 Å². The van der Waals surface area contributed by atoms with Crippen LogP contribution in [0.1, 0.15) is 24.1 Å². The van der Waals surface area contributed by atoms with E-state index >= 15 is 0 Å². The maximum atomic E-state index is 5.94. The molecular weight excluding hydrogens is 272 g/mol. The first-order valence-electron chi connectivity index (χ1n) is 7.56. The summed E-state index contributed by atoms with van der Waals surface area (Å²) < 4.78 is 2.22. The molecule has 0 fully saturated rings. The third-order valence-electron chi connectivity index (χ3n) is 4.23. The lowest BCUT2D eigenvalue weighted by molar-refractivity contribution is 0.578. The van der Waals surface area contributed by atoms with Gasteiger partial charge in [-0.3, -0.25) is 0 Å². The third kappa shape index (κ3) is 2.35. The molecule has 22 heavy (non-hydrogen) atoms. The molecule has 1 heterocycles. The molecule has 0 amide bonds. The summed E-state index contributed by atoms with van der Waals surface area (Å²) in [6.45, 7) is 6.92. The van der Waals surface area contributed by atoms with Crippen LogP contribution in [0.3, 0.4) is 0 Å². The number of aromatic nitrogens is 2. The molecule has 3 aromatic rings. The number of benzene rings is 2. The van der Waals surface area contributed by atoms with Gasteiger partial charge in [0, 0.05) is 23.8 Å². The number of nitrogens with zero attached hydrogens (tertiary/aromatic N) is 2. The highest BCUT2D eigenvalue weighted by atomic mass is 15.1. The molecule has 4 N–H and O–H groups in total. The molecule has 0 spiro atoms. The Hall–Kier alpha value is -2.33. The van der Waals surface area contributed by atoms with Crippen LogP contribution in [0.2, 0.25) is 0 Å². The molecule has 0 aliphatic carbocycles. The van der Waals surface area contributed by atoms with Crippen molar-refractivity contribution in [3.63, 3.8) is 0 Å². The zero-order chi connectivity index (χ0) is 15.9. The highest BCUT2D eigenvalue weighted by Crippen LogP contribution is 2.30. The number of anilines is 1. The number of fused-ring (bicyclic) bond motifs is 1. The summed E-state index contributed by atoms with van der Waals surface area (Å²) in [6.07, 6.45) is 0. The van der Waals surface area contributed by atoms with E-state index in [2.05, 4.69) is 37.5 Å². The maximum absolute atomic E-state index is 5.94. The van der Waals surface area contributed by atoms with Crippen molar-refractivity contribution in [3.05, 3.63) is 47.5 Å². The SMILES string of the molecule is Cc1cc2nc(-c3cccc(N)c3)n(C(C)CN)c2cc1C. The van der Waals surface area contributed by atoms with Crippen LogP contribution in [0.4, 0.5) is 5.69 Å². The third-order valence-corrected chi connectivity index (χ3v) is 4.23. The molecule has 0 aliphatic heterocycles. The topological polar surface area (TPSA) is 69.9 Å². The van der Waals surface area contributed by atoms with Crippen LogP contribution in [0, 0.1) is 13.8 Å². The number of nitrogens with two attached hydrogens (primary N) is 2. The van der Waals surface area contributed by atoms with E-state index in [1.165, 1.54) is 11.1 Å². The van der Waals surface area contributed by atoms with Gasteiger partial charge < -0.3 is 16.0 Å². The van der Waals surface area contributed by atoms with Gasteiger partial charge in [0.2, 0.25) is 0 Å². The summed E-state index contributed by atoms with van der Waals surface area (Å²) in [5.74, 6) is 0.922. The van der Waals surface area contributed by atoms with Crippen molar-refractivity contribution in [3.8, 4) is 11.4 Å². The van der Waals surface area contributed by atoms with Crippen LogP contribution in [0.15, 0.2) is 36.4 Å². The molecule has 1 aromatic heterocycles. The lowest BCUT2D eigenvalue weighted by Crippen LogP contribution is -2.17. The van der Waals surface area contributed by atoms with E-state index in [9.17, 15) is 0 Å². The van der Waals surface area contributed by atoms with E-state index in [1.54, 1.807) is 0 Å². The number of imidazole rings is 1. The second kappa shape index (κ2) is 5.46. The Bertz CT molecular complexity index is 832. The Labute approximate surface area is 130 Å². The molecule has 1 unspecified atom stereocenters. The number of hydrogen-bond donors (Lipinski definition) is 2. The average Bonchev–Trinajstić information content (AvgIpc) is 2.85. The van der Waals surface area contributed by atoms with Gasteiger partial charge in [0.05, 0.1) is 11.0 Å². The summed E-state index contributed by atoms with van der Waals surface area (Å²) in [7, 11) is 0. The molecular formula is C18H22N4. The molecule has 0 saturated carbocycles. The standard InChI is InChI=1S/C18H22N4/c1-11-7-16-17(8-12(11)2)22(13(3)10-19)18(21-16)14-5-4-6-15(20)9-14/h4-9,13H,10,19-20H2,1-3H3. The Morgan fingerprint density at radius 3 is 2.55 bits per heavy atom. The summed E-state index contributed by atoms with van der Waals surface area (Å²) in [5, 5.41) is 0. The molecule has 3 rings (SSSR count). The van der Waals surface area contributed by atoms with Gasteiger partial charge in [-0.2, -0.15) is 0 Å². The van der Waals surface area contributed by atoms with Gasteiger partial charge in [-0.25, -0.2) is 4.98 Å². The summed E-state index contributed by atoms with van der Waals surface area (Å²) in [6, 6.07) is 12.3. The highest BCUT2D eigenvalue weighted by Gasteiger charge is 2.17. The first kappa shape index (κ1) is 14.6. The molecule has 0 radical (unpaired) electrons. The van der Waals surface area contributed by atoms with E-state index in [-0.39, 0.29) is 6.04 Å². The number of rotatable bonds is 3. The molecule has 0 bridgehead atoms. The van der Waals surface area contributed by atoms with E-state index in [1.807, 2.05) is 24.3 Å². The lowest BCUT2D eigenvalue weighted by atomic mass is 10.1. The van der Waals surface area contributed by atoms with Gasteiger partial charge in [0.15, 0.2) is 0 Å². The van der Waals surface area contributed by atoms with Gasteiger partial charge in [-0.1, -0.05) is 12.1 Å². The van der Waals surface area contributed by atoms with E-state index in [0.717, 1.165) is 28.1 Å². The largest absolute Gasteiger partial charge is 0.399 e. The van der Waals surface area contributed by atoms with Crippen molar-refractivity contribution in [1.82, 2.24) is 9.55 Å². The minimum absolute atomic E-state index is 0.170. The molecule has 4 heteroatoms. The van der Waals surface area contributed by atoms with E-state index in [4.69, 9.17) is 16.5 Å². The molecule has 0 aliphatic rings. The number of aryl methyl sites for hydroxylation is 2. The normalized spacial score (nSPS) is 12.7. The van der Waals surface area contributed by atoms with Crippen molar-refractivity contribution < 1.29 is 0 Å². The van der Waals surface area contributed by atoms with Crippen LogP contribution in [0.5, 0.6) is 0 Å². The molecule has 0 saturated heterocycles. The fourth-order valence-corrected chi connectivity index (χ4v) is 2.78. The second-order valence-corrected chi connectivity index (χ2v) is 5.94. The maximum Gasteiger partial charge on any atom is 0.141 e. The van der Waals surface area contributed by atoms with Gasteiger partial charge in [0.25, 0.3) is 0 Å². The summed E-state index contributed by atoms with van der Waals surface area (Å²) in [5.41, 5.74) is 18.3. The van der Waals surface area contributed by atoms with Crippen molar-refractivity contribution >= 4 is 16.7 Å². The first-order valence-corrected chi connectivity index (χ1v) is 7.56. The smallest absolute Gasteiger partial charge is 0.141 e.